The highest BCUT2D eigenvalue weighted by atomic mass is 14.9. The molecule has 0 saturated heterocycles. The fourth-order valence-corrected chi connectivity index (χ4v) is 3.42. The Hall–Kier alpha value is -2.87. The van der Waals surface area contributed by atoms with Crippen molar-refractivity contribution in [1.82, 2.24) is 9.97 Å². The van der Waals surface area contributed by atoms with E-state index in [0.29, 0.717) is 5.92 Å². The number of nitrogens with one attached hydrogen (secondary N) is 1. The van der Waals surface area contributed by atoms with Gasteiger partial charge in [0.15, 0.2) is 0 Å². The van der Waals surface area contributed by atoms with Crippen molar-refractivity contribution in [3.8, 4) is 22.5 Å². The maximum absolute atomic E-state index is 4.88. The van der Waals surface area contributed by atoms with E-state index in [1.54, 1.807) is 0 Å². The third kappa shape index (κ3) is 3.08. The molecule has 1 N–H and O–H groups in total. The van der Waals surface area contributed by atoms with Crippen LogP contribution in [0.15, 0.2) is 72.8 Å². The Balaban J connectivity index is 1.97. The Morgan fingerprint density at radius 1 is 0.840 bits per heavy atom. The summed E-state index contributed by atoms with van der Waals surface area (Å²) in [6.45, 7) is 4.52. The van der Waals surface area contributed by atoms with Crippen molar-refractivity contribution in [2.45, 2.75) is 20.3 Å². The van der Waals surface area contributed by atoms with E-state index in [4.69, 9.17) is 4.98 Å². The molecular weight excluding hydrogens is 304 g/mol. The lowest BCUT2D eigenvalue weighted by Crippen LogP contribution is -1.99. The smallest absolute Gasteiger partial charge is 0.139 e. The first-order chi connectivity index (χ1) is 12.2. The van der Waals surface area contributed by atoms with Gasteiger partial charge in [-0.25, -0.2) is 4.98 Å². The minimum atomic E-state index is 0.592. The monoisotopic (exact) mass is 326 g/mol. The van der Waals surface area contributed by atoms with E-state index in [0.717, 1.165) is 23.3 Å². The number of H-pyrrole nitrogens is 1. The molecule has 4 aromatic rings. The zero-order valence-corrected chi connectivity index (χ0v) is 14.7. The number of hydrogen-bond acceptors (Lipinski definition) is 1. The fourth-order valence-electron chi connectivity index (χ4n) is 3.42. The second-order valence-electron chi connectivity index (χ2n) is 6.91. The van der Waals surface area contributed by atoms with Gasteiger partial charge in [0.1, 0.15) is 5.82 Å². The maximum Gasteiger partial charge on any atom is 0.139 e. The van der Waals surface area contributed by atoms with Gasteiger partial charge < -0.3 is 4.98 Å². The van der Waals surface area contributed by atoms with Gasteiger partial charge in [-0.15, -0.1) is 0 Å². The summed E-state index contributed by atoms with van der Waals surface area (Å²) in [5.74, 6) is 1.55. The molecule has 3 aromatic carbocycles. The molecule has 0 fully saturated rings. The normalized spacial score (nSPS) is 11.3. The Morgan fingerprint density at radius 3 is 2.36 bits per heavy atom. The lowest BCUT2D eigenvalue weighted by atomic mass is 9.91. The van der Waals surface area contributed by atoms with Gasteiger partial charge in [0.05, 0.1) is 11.0 Å². The Labute approximate surface area is 148 Å². The van der Waals surface area contributed by atoms with Crippen LogP contribution in [0, 0.1) is 5.92 Å². The summed E-state index contributed by atoms with van der Waals surface area (Å²) in [5.41, 5.74) is 7.11. The molecule has 1 aromatic heterocycles. The van der Waals surface area contributed by atoms with Gasteiger partial charge in [0, 0.05) is 5.56 Å². The zero-order valence-electron chi connectivity index (χ0n) is 14.7. The molecule has 0 unspecified atom stereocenters. The highest BCUT2D eigenvalue weighted by Gasteiger charge is 2.16. The van der Waals surface area contributed by atoms with Crippen molar-refractivity contribution in [3.05, 3.63) is 78.4 Å². The summed E-state index contributed by atoms with van der Waals surface area (Å²) in [6.07, 6.45) is 1.03. The van der Waals surface area contributed by atoms with Crippen LogP contribution in [0.3, 0.4) is 0 Å². The van der Waals surface area contributed by atoms with Crippen molar-refractivity contribution in [2.75, 3.05) is 0 Å². The largest absolute Gasteiger partial charge is 0.338 e. The van der Waals surface area contributed by atoms with Crippen molar-refractivity contribution in [2.24, 2.45) is 5.92 Å². The lowest BCUT2D eigenvalue weighted by Gasteiger charge is -2.15. The minimum absolute atomic E-state index is 0.592. The Bertz CT molecular complexity index is 964. The highest BCUT2D eigenvalue weighted by molar-refractivity contribution is 5.87. The topological polar surface area (TPSA) is 28.7 Å². The Morgan fingerprint density at radius 2 is 1.60 bits per heavy atom. The zero-order chi connectivity index (χ0) is 17.2. The maximum atomic E-state index is 4.88. The van der Waals surface area contributed by atoms with Gasteiger partial charge in [-0.1, -0.05) is 74.5 Å². The van der Waals surface area contributed by atoms with E-state index in [9.17, 15) is 0 Å². The van der Waals surface area contributed by atoms with Crippen molar-refractivity contribution >= 4 is 11.0 Å². The minimum Gasteiger partial charge on any atom is -0.338 e. The van der Waals surface area contributed by atoms with E-state index in [-0.39, 0.29) is 0 Å². The second-order valence-corrected chi connectivity index (χ2v) is 6.91. The number of rotatable bonds is 4. The molecule has 0 amide bonds. The summed E-state index contributed by atoms with van der Waals surface area (Å²) >= 11 is 0. The molecular formula is C23H22N2. The molecule has 0 spiro atoms. The predicted octanol–water partition coefficient (Wildman–Crippen LogP) is 6.10. The lowest BCUT2D eigenvalue weighted by molar-refractivity contribution is 0.648. The van der Waals surface area contributed by atoms with Crippen LogP contribution < -0.4 is 0 Å². The summed E-state index contributed by atoms with van der Waals surface area (Å²) < 4.78 is 0. The summed E-state index contributed by atoms with van der Waals surface area (Å²) in [5, 5.41) is 0. The first-order valence-corrected chi connectivity index (χ1v) is 8.85. The second kappa shape index (κ2) is 6.56. The first-order valence-electron chi connectivity index (χ1n) is 8.85. The molecule has 0 aliphatic carbocycles. The quantitative estimate of drug-likeness (QED) is 0.482. The molecule has 0 bridgehead atoms. The molecule has 2 heteroatoms. The standard InChI is InChI=1S/C23H22N2/c1-16(2)15-18-11-8-12-19(17-9-4-3-5-10-17)22(18)23-24-20-13-6-7-14-21(20)25-23/h3-14,16H,15H2,1-2H3,(H,24,25). The van der Waals surface area contributed by atoms with Gasteiger partial charge >= 0.3 is 0 Å². The average Bonchev–Trinajstić information content (AvgIpc) is 3.05. The number of benzene rings is 3. The van der Waals surface area contributed by atoms with Crippen molar-refractivity contribution in [3.63, 3.8) is 0 Å². The molecule has 124 valence electrons. The number of nitrogens with zero attached hydrogens (tertiary/aromatic N) is 1. The van der Waals surface area contributed by atoms with Crippen LogP contribution in [0.2, 0.25) is 0 Å². The molecule has 0 atom stereocenters. The van der Waals surface area contributed by atoms with E-state index < -0.39 is 0 Å². The molecule has 25 heavy (non-hydrogen) atoms. The van der Waals surface area contributed by atoms with Crippen LogP contribution in [0.25, 0.3) is 33.5 Å². The Kier molecular flexibility index (Phi) is 4.10. The molecule has 0 radical (unpaired) electrons. The van der Waals surface area contributed by atoms with Crippen LogP contribution in [0.1, 0.15) is 19.4 Å². The van der Waals surface area contributed by atoms with Crippen LogP contribution in [0.5, 0.6) is 0 Å². The highest BCUT2D eigenvalue weighted by Crippen LogP contribution is 2.35. The number of para-hydroxylation sites is 2. The number of aromatic amines is 1. The molecule has 0 aliphatic rings. The number of aromatic nitrogens is 2. The molecule has 0 saturated carbocycles. The van der Waals surface area contributed by atoms with Crippen LogP contribution in [-0.2, 0) is 6.42 Å². The van der Waals surface area contributed by atoms with Crippen LogP contribution in [0.4, 0.5) is 0 Å². The molecule has 0 aliphatic heterocycles. The van der Waals surface area contributed by atoms with Crippen LogP contribution >= 0.6 is 0 Å². The molecule has 2 nitrogen and oxygen atoms in total. The van der Waals surface area contributed by atoms with Crippen molar-refractivity contribution < 1.29 is 0 Å². The first kappa shape index (κ1) is 15.6. The third-order valence-electron chi connectivity index (χ3n) is 4.49. The van der Waals surface area contributed by atoms with E-state index in [1.165, 1.54) is 22.3 Å². The summed E-state index contributed by atoms with van der Waals surface area (Å²) in [7, 11) is 0. The average molecular weight is 326 g/mol. The molecule has 4 rings (SSSR count). The van der Waals surface area contributed by atoms with Gasteiger partial charge in [0.25, 0.3) is 0 Å². The third-order valence-corrected chi connectivity index (χ3v) is 4.49. The summed E-state index contributed by atoms with van der Waals surface area (Å²) in [6, 6.07) is 25.4. The SMILES string of the molecule is CC(C)Cc1cccc(-c2ccccc2)c1-c1nc2ccccc2[nH]1. The van der Waals surface area contributed by atoms with E-state index >= 15 is 0 Å². The summed E-state index contributed by atoms with van der Waals surface area (Å²) in [4.78, 5) is 8.41. The predicted molar refractivity (Wildman–Crippen MR) is 106 cm³/mol. The van der Waals surface area contributed by atoms with E-state index in [2.05, 4.69) is 79.5 Å². The van der Waals surface area contributed by atoms with Crippen molar-refractivity contribution in [1.29, 1.82) is 0 Å². The fraction of sp³-hybridized carbons (Fsp3) is 0.174. The van der Waals surface area contributed by atoms with Gasteiger partial charge in [0.2, 0.25) is 0 Å². The van der Waals surface area contributed by atoms with Gasteiger partial charge in [-0.05, 0) is 41.2 Å². The van der Waals surface area contributed by atoms with Gasteiger partial charge in [-0.2, -0.15) is 0 Å². The molecule has 1 heterocycles. The van der Waals surface area contributed by atoms with Gasteiger partial charge in [-0.3, -0.25) is 0 Å². The van der Waals surface area contributed by atoms with Crippen LogP contribution in [-0.4, -0.2) is 9.97 Å². The van der Waals surface area contributed by atoms with E-state index in [1.807, 2.05) is 12.1 Å². The number of hydrogen-bond donors (Lipinski definition) is 1. The number of fused-ring (bicyclic) bond motifs is 1. The number of imidazole rings is 1.